The van der Waals surface area contributed by atoms with Crippen molar-refractivity contribution < 1.29 is 27.0 Å². The van der Waals surface area contributed by atoms with E-state index < -0.39 is 34.1 Å². The lowest BCUT2D eigenvalue weighted by atomic mass is 9.67. The molecule has 118 heavy (non-hydrogen) atoms. The summed E-state index contributed by atoms with van der Waals surface area (Å²) in [7, 11) is 0. The van der Waals surface area contributed by atoms with Crippen molar-refractivity contribution >= 4 is 46.3 Å². The minimum Gasteiger partial charge on any atom is -0.457 e. The van der Waals surface area contributed by atoms with Crippen LogP contribution in [0.25, 0.3) is 67.8 Å². The molecule has 0 fully saturated rings. The number of halogens is 4. The van der Waals surface area contributed by atoms with E-state index in [-0.39, 0.29) is 10.8 Å². The highest BCUT2D eigenvalue weighted by Gasteiger charge is 2.49. The van der Waals surface area contributed by atoms with Gasteiger partial charge in [0.2, 0.25) is 0 Å². The smallest absolute Gasteiger partial charge is 0.133 e. The molecule has 0 saturated carbocycles. The van der Waals surface area contributed by atoms with E-state index in [4.69, 9.17) is 9.47 Å². The molecule has 0 spiro atoms. The molecule has 0 aliphatic heterocycles. The summed E-state index contributed by atoms with van der Waals surface area (Å²) in [5.74, 6) is 0.280. The molecule has 574 valence electrons. The zero-order valence-corrected chi connectivity index (χ0v) is 66.4. The van der Waals surface area contributed by atoms with Crippen LogP contribution in [0.4, 0.5) is 51.7 Å². The van der Waals surface area contributed by atoms with Gasteiger partial charge in [-0.15, -0.1) is 0 Å². The van der Waals surface area contributed by atoms with Crippen LogP contribution in [0.2, 0.25) is 0 Å². The molecular weight excluding hydrogens is 1460 g/mol. The maximum absolute atomic E-state index is 15.7. The average Bonchev–Trinajstić information content (AvgIpc) is 1.56. The van der Waals surface area contributed by atoms with Crippen molar-refractivity contribution in [3.05, 3.63) is 467 Å². The van der Waals surface area contributed by atoms with E-state index in [0.717, 1.165) is 147 Å². The maximum Gasteiger partial charge on any atom is 0.133 e. The highest BCUT2D eigenvalue weighted by Crippen LogP contribution is 2.60. The number of nitrogens with zero attached hydrogens (tertiary/aromatic N) is 2. The van der Waals surface area contributed by atoms with Crippen molar-refractivity contribution in [2.45, 2.75) is 63.2 Å². The number of hydrogen-bond acceptors (Lipinski definition) is 4. The lowest BCUT2D eigenvalue weighted by Gasteiger charge is -2.35. The molecular formula is C110H84F4N2O2. The van der Waals surface area contributed by atoms with E-state index in [9.17, 15) is 8.78 Å². The van der Waals surface area contributed by atoms with Crippen molar-refractivity contribution in [2.24, 2.45) is 0 Å². The normalized spacial score (nSPS) is 14.5. The number of ether oxygens (including phenoxy) is 2. The Hall–Kier alpha value is -14.1. The number of anilines is 6. The van der Waals surface area contributed by atoms with Crippen molar-refractivity contribution in [1.82, 2.24) is 0 Å². The molecule has 0 radical (unpaired) electrons. The first-order chi connectivity index (χ1) is 57.2. The molecule has 2 aliphatic rings. The minimum absolute atomic E-state index is 0.0968. The van der Waals surface area contributed by atoms with E-state index >= 15 is 8.78 Å². The summed E-state index contributed by atoms with van der Waals surface area (Å²) < 4.78 is 73.2. The van der Waals surface area contributed by atoms with Crippen molar-refractivity contribution in [3.8, 4) is 78.6 Å². The number of fused-ring (bicyclic) bond motifs is 6. The molecule has 0 heterocycles. The lowest BCUT2D eigenvalue weighted by Crippen LogP contribution is -2.29. The molecule has 0 aromatic heterocycles. The van der Waals surface area contributed by atoms with E-state index in [1.165, 1.54) is 35.4 Å². The van der Waals surface area contributed by atoms with Gasteiger partial charge in [-0.25, -0.2) is 17.6 Å². The van der Waals surface area contributed by atoms with Gasteiger partial charge in [0.25, 0.3) is 0 Å². The van der Waals surface area contributed by atoms with Crippen LogP contribution < -0.4 is 19.3 Å². The zero-order chi connectivity index (χ0) is 81.2. The van der Waals surface area contributed by atoms with Gasteiger partial charge in [-0.2, -0.15) is 0 Å². The Balaban J connectivity index is 0.752. The molecule has 18 rings (SSSR count). The molecule has 0 bridgehead atoms. The fourth-order valence-electron chi connectivity index (χ4n) is 17.5. The first-order valence-electron chi connectivity index (χ1n) is 39.9. The highest BCUT2D eigenvalue weighted by atomic mass is 19.1. The number of hydrogen-bond donors (Lipinski definition) is 0. The summed E-state index contributed by atoms with van der Waals surface area (Å²) in [4.78, 5) is 4.49. The molecule has 0 saturated heterocycles. The second-order valence-electron chi connectivity index (χ2n) is 32.6. The topological polar surface area (TPSA) is 24.9 Å². The SMILES string of the molecule is C=Cc1ccc(Oc2ccc(C3(c4ccc(C(C)(C)C)cc4)c4ccccc4-c4ccc(N(c5ccc(-c6ccc(N(c7ccc(-c8ccc(F)cc8F)cc7)c7ccc8c(c7)C(c7ccc(Oc9ccc(C=C)cc9)cc7)(c7ccc(C(C)(C)C)cc7)c7ccccc7-8)cc6)cc5)c5ccc(-c6ccc(F)cc6F)cc5)cc43)cc2)cc1. The third-order valence-electron chi connectivity index (χ3n) is 23.5. The van der Waals surface area contributed by atoms with Crippen LogP contribution in [0.1, 0.15) is 108 Å². The van der Waals surface area contributed by atoms with Gasteiger partial charge in [-0.05, 0) is 268 Å². The maximum atomic E-state index is 15.7. The van der Waals surface area contributed by atoms with E-state index in [0.29, 0.717) is 33.8 Å². The van der Waals surface area contributed by atoms with Crippen molar-refractivity contribution in [2.75, 3.05) is 9.80 Å². The van der Waals surface area contributed by atoms with Crippen LogP contribution in [0, 0.1) is 23.3 Å². The molecule has 16 aromatic carbocycles. The molecule has 16 aromatic rings. The zero-order valence-electron chi connectivity index (χ0n) is 66.4. The molecule has 2 unspecified atom stereocenters. The first kappa shape index (κ1) is 75.3. The summed E-state index contributed by atoms with van der Waals surface area (Å²) in [6.45, 7) is 21.3. The monoisotopic (exact) mass is 1540 g/mol. The Labute approximate surface area is 687 Å². The quantitative estimate of drug-likeness (QED) is 0.0754. The van der Waals surface area contributed by atoms with Gasteiger partial charge >= 0.3 is 0 Å². The minimum atomic E-state index is -0.809. The molecule has 0 N–H and O–H groups in total. The first-order valence-corrected chi connectivity index (χ1v) is 39.9. The summed E-state index contributed by atoms with van der Waals surface area (Å²) in [6.07, 6.45) is 3.64. The Bertz CT molecular complexity index is 6070. The van der Waals surface area contributed by atoms with Gasteiger partial charge in [-0.3, -0.25) is 0 Å². The number of benzene rings is 16. The highest BCUT2D eigenvalue weighted by molar-refractivity contribution is 5.93. The predicted octanol–water partition coefficient (Wildman–Crippen LogP) is 30.4. The van der Waals surface area contributed by atoms with Crippen LogP contribution >= 0.6 is 0 Å². The molecule has 8 heteroatoms. The van der Waals surface area contributed by atoms with E-state index in [1.807, 2.05) is 109 Å². The lowest BCUT2D eigenvalue weighted by molar-refractivity contribution is 0.482. The summed E-state index contributed by atoms with van der Waals surface area (Å²) in [6, 6.07) is 122. The van der Waals surface area contributed by atoms with Crippen LogP contribution in [0.3, 0.4) is 0 Å². The van der Waals surface area contributed by atoms with Gasteiger partial charge in [0.1, 0.15) is 46.3 Å². The fourth-order valence-corrected chi connectivity index (χ4v) is 17.5. The molecule has 4 nitrogen and oxygen atoms in total. The summed E-state index contributed by atoms with van der Waals surface area (Å²) in [5.41, 5.74) is 24.9. The van der Waals surface area contributed by atoms with Gasteiger partial charge in [0.05, 0.1) is 10.8 Å². The third-order valence-corrected chi connectivity index (χ3v) is 23.5. The number of rotatable bonds is 19. The third kappa shape index (κ3) is 13.6. The molecule has 0 amide bonds. The fraction of sp³-hybridized carbons (Fsp3) is 0.0909. The summed E-state index contributed by atoms with van der Waals surface area (Å²) >= 11 is 0. The van der Waals surface area contributed by atoms with Crippen LogP contribution in [-0.2, 0) is 21.7 Å². The van der Waals surface area contributed by atoms with Gasteiger partial charge < -0.3 is 19.3 Å². The van der Waals surface area contributed by atoms with Crippen LogP contribution in [0.15, 0.2) is 377 Å². The van der Waals surface area contributed by atoms with Crippen LogP contribution in [-0.4, -0.2) is 0 Å². The summed E-state index contributed by atoms with van der Waals surface area (Å²) in [5, 5.41) is 0. The standard InChI is InChI=1S/C110H84F4N2O2/c1-9-71-19-55-91(56-20-71)117-93-59-39-81(40-60-93)109(79-35-31-77(32-36-79)107(3,4)5)101-17-13-11-15-97(101)99-65-53-89(69-103(99)109)115(87-49-27-75(28-50-87)95-63-43-83(111)67-105(95)113)85-45-23-73(24-46-85)74-25-47-86(48-26-74)116(88-51-29-76(30-52-88)96-64-44-84(112)68-106(96)114)90-54-66-100-98-16-12-14-18-102(98)110(104(100)70-90,80-37-33-78(34-38-80)108(6,7)8)82-41-61-94(62-42-82)118-92-57-21-72(10-2)22-58-92/h9-70H,1-2H2,3-8H3. The Morgan fingerprint density at radius 1 is 0.263 bits per heavy atom. The van der Waals surface area contributed by atoms with Gasteiger partial charge in [0.15, 0.2) is 0 Å². The van der Waals surface area contributed by atoms with E-state index in [2.05, 4.69) is 295 Å². The second-order valence-corrected chi connectivity index (χ2v) is 32.6. The largest absolute Gasteiger partial charge is 0.457 e. The van der Waals surface area contributed by atoms with Crippen LogP contribution in [0.5, 0.6) is 23.0 Å². The van der Waals surface area contributed by atoms with Gasteiger partial charge in [0, 0.05) is 57.4 Å². The van der Waals surface area contributed by atoms with E-state index in [1.54, 1.807) is 0 Å². The predicted molar refractivity (Wildman–Crippen MR) is 477 cm³/mol. The average molecular weight is 1540 g/mol. The Kier molecular flexibility index (Phi) is 19.3. The molecule has 2 aliphatic carbocycles. The Morgan fingerprint density at radius 2 is 0.534 bits per heavy atom. The van der Waals surface area contributed by atoms with Crippen molar-refractivity contribution in [1.29, 1.82) is 0 Å². The Morgan fingerprint density at radius 3 is 0.839 bits per heavy atom. The molecule has 2 atom stereocenters. The second kappa shape index (κ2) is 30.3. The van der Waals surface area contributed by atoms with Gasteiger partial charge in [-0.1, -0.05) is 273 Å². The van der Waals surface area contributed by atoms with Crippen molar-refractivity contribution in [3.63, 3.8) is 0 Å².